The van der Waals surface area contributed by atoms with Gasteiger partial charge in [-0.25, -0.2) is 9.07 Å². The summed E-state index contributed by atoms with van der Waals surface area (Å²) in [4.78, 5) is 39.1. The number of benzene rings is 1. The lowest BCUT2D eigenvalue weighted by atomic mass is 9.93. The lowest BCUT2D eigenvalue weighted by Gasteiger charge is -2.38. The van der Waals surface area contributed by atoms with E-state index in [1.807, 2.05) is 11.0 Å². The van der Waals surface area contributed by atoms with E-state index in [4.69, 9.17) is 4.74 Å². The van der Waals surface area contributed by atoms with Gasteiger partial charge >= 0.3 is 5.97 Å². The van der Waals surface area contributed by atoms with Crippen molar-refractivity contribution in [2.75, 3.05) is 19.7 Å². The van der Waals surface area contributed by atoms with Crippen LogP contribution in [-0.4, -0.2) is 61.7 Å². The summed E-state index contributed by atoms with van der Waals surface area (Å²) in [6, 6.07) is 5.84. The molecule has 1 aromatic carbocycles. The zero-order chi connectivity index (χ0) is 26.4. The van der Waals surface area contributed by atoms with Crippen molar-refractivity contribution in [3.63, 3.8) is 0 Å². The molecule has 2 unspecified atom stereocenters. The van der Waals surface area contributed by atoms with E-state index >= 15 is 0 Å². The molecule has 4 rings (SSSR count). The van der Waals surface area contributed by atoms with Crippen molar-refractivity contribution in [2.45, 2.75) is 63.8 Å². The minimum absolute atomic E-state index is 0.0186. The molecule has 2 heterocycles. The maximum atomic E-state index is 14.9. The van der Waals surface area contributed by atoms with E-state index in [0.717, 1.165) is 24.1 Å². The molecule has 0 N–H and O–H groups in total. The van der Waals surface area contributed by atoms with Gasteiger partial charge in [-0.3, -0.25) is 19.3 Å². The van der Waals surface area contributed by atoms with E-state index in [9.17, 15) is 18.8 Å². The number of halogens is 1. The molecule has 0 spiro atoms. The standard InChI is InChI=1S/C27H33FN4O4S/c1-3-36-25(34)9-6-13-32-21(16-29-30-32)15-20-17-31(14-12-24(20)37-18(2)33)26(27(35)19-10-11-19)22-7-4-5-8-23(22)28/h4-5,7-8,15-16,19,24,26H,3,6,9-14,17H2,1-2H3. The smallest absolute Gasteiger partial charge is 0.305 e. The number of piperidine rings is 1. The van der Waals surface area contributed by atoms with E-state index in [1.54, 1.807) is 42.9 Å². The van der Waals surface area contributed by atoms with Gasteiger partial charge in [-0.2, -0.15) is 0 Å². The van der Waals surface area contributed by atoms with Gasteiger partial charge < -0.3 is 4.74 Å². The number of aryl methyl sites for hydroxylation is 1. The highest BCUT2D eigenvalue weighted by Gasteiger charge is 2.41. The lowest BCUT2D eigenvalue weighted by molar-refractivity contribution is -0.143. The van der Waals surface area contributed by atoms with Crippen molar-refractivity contribution in [1.82, 2.24) is 19.9 Å². The summed E-state index contributed by atoms with van der Waals surface area (Å²) in [5.41, 5.74) is 2.12. The maximum Gasteiger partial charge on any atom is 0.305 e. The number of carbonyl (C=O) groups excluding carboxylic acids is 3. The van der Waals surface area contributed by atoms with Crippen LogP contribution < -0.4 is 0 Å². The van der Waals surface area contributed by atoms with Gasteiger partial charge in [0.15, 0.2) is 10.9 Å². The number of nitrogens with zero attached hydrogens (tertiary/aromatic N) is 4. The molecule has 1 aliphatic carbocycles. The van der Waals surface area contributed by atoms with E-state index in [-0.39, 0.29) is 40.3 Å². The summed E-state index contributed by atoms with van der Waals surface area (Å²) in [5.74, 6) is -0.585. The fourth-order valence-electron chi connectivity index (χ4n) is 4.74. The van der Waals surface area contributed by atoms with Crippen LogP contribution in [0.15, 0.2) is 36.0 Å². The van der Waals surface area contributed by atoms with Gasteiger partial charge in [0, 0.05) is 49.7 Å². The zero-order valence-corrected chi connectivity index (χ0v) is 22.1. The van der Waals surface area contributed by atoms with Crippen molar-refractivity contribution in [2.24, 2.45) is 5.92 Å². The van der Waals surface area contributed by atoms with E-state index in [1.165, 1.54) is 17.8 Å². The Balaban J connectivity index is 1.58. The number of esters is 1. The topological polar surface area (TPSA) is 94.4 Å². The highest BCUT2D eigenvalue weighted by molar-refractivity contribution is 8.14. The molecule has 8 nitrogen and oxygen atoms in total. The number of rotatable bonds is 11. The van der Waals surface area contributed by atoms with E-state index in [0.29, 0.717) is 44.6 Å². The molecular weight excluding hydrogens is 495 g/mol. The third-order valence-corrected chi connectivity index (χ3v) is 7.79. The van der Waals surface area contributed by atoms with Crippen molar-refractivity contribution in [3.8, 4) is 0 Å². The predicted octanol–water partition coefficient (Wildman–Crippen LogP) is 4.22. The van der Waals surface area contributed by atoms with Gasteiger partial charge in [0.2, 0.25) is 0 Å². The number of carbonyl (C=O) groups is 3. The fraction of sp³-hybridized carbons (Fsp3) is 0.519. The summed E-state index contributed by atoms with van der Waals surface area (Å²) in [6.07, 6.45) is 6.81. The average molecular weight is 529 g/mol. The Morgan fingerprint density at radius 1 is 1.24 bits per heavy atom. The first-order chi connectivity index (χ1) is 17.9. The van der Waals surface area contributed by atoms with Crippen LogP contribution in [0, 0.1) is 11.7 Å². The Labute approximate surface area is 220 Å². The quantitative estimate of drug-likeness (QED) is 0.400. The predicted molar refractivity (Wildman–Crippen MR) is 139 cm³/mol. The molecule has 0 radical (unpaired) electrons. The summed E-state index contributed by atoms with van der Waals surface area (Å²) >= 11 is 1.27. The average Bonchev–Trinajstić information content (AvgIpc) is 3.63. The van der Waals surface area contributed by atoms with E-state index < -0.39 is 6.04 Å². The molecule has 2 aromatic rings. The molecule has 2 fully saturated rings. The van der Waals surface area contributed by atoms with Gasteiger partial charge in [0.1, 0.15) is 5.82 Å². The molecule has 0 bridgehead atoms. The van der Waals surface area contributed by atoms with Gasteiger partial charge in [0.05, 0.1) is 24.5 Å². The van der Waals surface area contributed by atoms with Crippen LogP contribution in [-0.2, 0) is 25.7 Å². The second kappa shape index (κ2) is 12.6. The molecular formula is C27H33FN4O4S. The van der Waals surface area contributed by atoms with Crippen molar-refractivity contribution in [3.05, 3.63) is 53.1 Å². The highest BCUT2D eigenvalue weighted by atomic mass is 32.2. The molecule has 198 valence electrons. The summed E-state index contributed by atoms with van der Waals surface area (Å²) in [5, 5.41) is 8.16. The Hall–Kier alpha value is -2.85. The van der Waals surface area contributed by atoms with Crippen molar-refractivity contribution >= 4 is 34.7 Å². The molecule has 0 amide bonds. The number of likely N-dealkylation sites (tertiary alicyclic amines) is 1. The second-order valence-electron chi connectivity index (χ2n) is 9.47. The van der Waals surface area contributed by atoms with Crippen molar-refractivity contribution < 1.29 is 23.5 Å². The van der Waals surface area contributed by atoms with Crippen molar-refractivity contribution in [1.29, 1.82) is 0 Å². The molecule has 1 aliphatic heterocycles. The number of thioether (sulfide) groups is 1. The molecule has 1 saturated carbocycles. The number of ether oxygens (including phenoxy) is 1. The SMILES string of the molecule is CCOC(=O)CCCn1nncc1C=C1CN(C(C(=O)C2CC2)c2ccccc2F)CCC1SC(C)=O. The monoisotopic (exact) mass is 528 g/mol. The van der Waals surface area contributed by atoms with Gasteiger partial charge in [-0.15, -0.1) is 5.10 Å². The fourth-order valence-corrected chi connectivity index (χ4v) is 5.66. The first-order valence-electron chi connectivity index (χ1n) is 12.8. The Morgan fingerprint density at radius 3 is 2.73 bits per heavy atom. The molecule has 2 aliphatic rings. The minimum atomic E-state index is -0.659. The number of hydrogen-bond donors (Lipinski definition) is 0. The Morgan fingerprint density at radius 2 is 2.03 bits per heavy atom. The van der Waals surface area contributed by atoms with E-state index in [2.05, 4.69) is 10.3 Å². The molecule has 2 atom stereocenters. The second-order valence-corrected chi connectivity index (χ2v) is 10.8. The first kappa shape index (κ1) is 27.2. The molecule has 37 heavy (non-hydrogen) atoms. The summed E-state index contributed by atoms with van der Waals surface area (Å²) in [7, 11) is 0. The van der Waals surface area contributed by atoms with Gasteiger partial charge in [-0.05, 0) is 50.3 Å². The van der Waals surface area contributed by atoms with Crippen LogP contribution in [0.3, 0.4) is 0 Å². The minimum Gasteiger partial charge on any atom is -0.466 e. The maximum absolute atomic E-state index is 14.9. The first-order valence-corrected chi connectivity index (χ1v) is 13.7. The highest BCUT2D eigenvalue weighted by Crippen LogP contribution is 2.40. The van der Waals surface area contributed by atoms with Crippen LogP contribution in [0.4, 0.5) is 4.39 Å². The van der Waals surface area contributed by atoms with Crippen LogP contribution >= 0.6 is 11.8 Å². The lowest BCUT2D eigenvalue weighted by Crippen LogP contribution is -2.43. The largest absolute Gasteiger partial charge is 0.466 e. The zero-order valence-electron chi connectivity index (χ0n) is 21.3. The Kier molecular flexibility index (Phi) is 9.26. The summed E-state index contributed by atoms with van der Waals surface area (Å²) < 4.78 is 21.6. The molecule has 1 aromatic heterocycles. The summed E-state index contributed by atoms with van der Waals surface area (Å²) in [6.45, 7) is 5.17. The van der Waals surface area contributed by atoms with Crippen LogP contribution in [0.2, 0.25) is 0 Å². The number of hydrogen-bond acceptors (Lipinski definition) is 8. The number of aromatic nitrogens is 3. The van der Waals surface area contributed by atoms with Gasteiger partial charge in [0.25, 0.3) is 0 Å². The van der Waals surface area contributed by atoms with Crippen LogP contribution in [0.5, 0.6) is 0 Å². The van der Waals surface area contributed by atoms with Crippen LogP contribution in [0.1, 0.15) is 63.3 Å². The molecule has 1 saturated heterocycles. The molecule has 10 heteroatoms. The number of Topliss-reactive ketones (excluding diaryl/α,β-unsaturated/α-hetero) is 1. The third kappa shape index (κ3) is 7.13. The Bertz CT molecular complexity index is 1160. The van der Waals surface area contributed by atoms with Crippen LogP contribution in [0.25, 0.3) is 6.08 Å². The van der Waals surface area contributed by atoms with Gasteiger partial charge in [-0.1, -0.05) is 35.2 Å². The third-order valence-electron chi connectivity index (χ3n) is 6.64. The number of ketones is 1. The normalized spacial score (nSPS) is 20.1.